The van der Waals surface area contributed by atoms with Gasteiger partial charge in [-0.25, -0.2) is 0 Å². The number of rotatable bonds is 0. The van der Waals surface area contributed by atoms with Gasteiger partial charge >= 0.3 is 0 Å². The molecule has 0 amide bonds. The molecule has 0 N–H and O–H groups in total. The number of quaternary nitrogens is 1. The van der Waals surface area contributed by atoms with Gasteiger partial charge in [-0.1, -0.05) is 0 Å². The Morgan fingerprint density at radius 2 is 1.90 bits per heavy atom. The topological polar surface area (TPSA) is 0 Å². The third-order valence-corrected chi connectivity index (χ3v) is 3.70. The van der Waals surface area contributed by atoms with Crippen LogP contribution in [0.25, 0.3) is 0 Å². The summed E-state index contributed by atoms with van der Waals surface area (Å²) in [5, 5.41) is 0.479. The van der Waals surface area contributed by atoms with Crippen LogP contribution in [0.15, 0.2) is 0 Å². The predicted molar refractivity (Wildman–Crippen MR) is 43.2 cm³/mol. The van der Waals surface area contributed by atoms with Crippen molar-refractivity contribution in [2.24, 2.45) is 5.92 Å². The Morgan fingerprint density at radius 3 is 2.20 bits per heavy atom. The van der Waals surface area contributed by atoms with Crippen molar-refractivity contribution < 1.29 is 4.48 Å². The Labute approximate surface area is 67.6 Å². The molecule has 0 spiro atoms. The van der Waals surface area contributed by atoms with Gasteiger partial charge in [-0.3, -0.25) is 0 Å². The fourth-order valence-electron chi connectivity index (χ4n) is 2.33. The first-order chi connectivity index (χ1) is 4.70. The smallest absolute Gasteiger partial charge is 0.0953 e. The van der Waals surface area contributed by atoms with E-state index in [0.29, 0.717) is 5.38 Å². The summed E-state index contributed by atoms with van der Waals surface area (Å²) in [7, 11) is 2.34. The average molecular weight is 161 g/mol. The predicted octanol–water partition coefficient (Wildman–Crippen LogP) is 1.46. The third kappa shape index (κ3) is 0.960. The Hall–Kier alpha value is 0.250. The lowest BCUT2D eigenvalue weighted by Gasteiger charge is -2.48. The Balaban J connectivity index is 2.14. The van der Waals surface area contributed by atoms with Crippen LogP contribution in [0, 0.1) is 5.92 Å². The molecule has 0 aliphatic carbocycles. The molecular weight excluding hydrogens is 146 g/mol. The van der Waals surface area contributed by atoms with Crippen LogP contribution in [0.3, 0.4) is 0 Å². The quantitative estimate of drug-likeness (QED) is 0.372. The Morgan fingerprint density at radius 1 is 1.30 bits per heavy atom. The highest BCUT2D eigenvalue weighted by atomic mass is 35.5. The van der Waals surface area contributed by atoms with Gasteiger partial charge in [0.15, 0.2) is 0 Å². The minimum atomic E-state index is 0.479. The van der Waals surface area contributed by atoms with Crippen LogP contribution in [-0.4, -0.2) is 36.5 Å². The first-order valence-electron chi connectivity index (χ1n) is 4.17. The van der Waals surface area contributed by atoms with Gasteiger partial charge < -0.3 is 4.48 Å². The lowest BCUT2D eigenvalue weighted by atomic mass is 9.86. The highest BCUT2D eigenvalue weighted by Crippen LogP contribution is 2.34. The molecule has 3 aliphatic rings. The van der Waals surface area contributed by atoms with Gasteiger partial charge in [-0.05, 0) is 5.92 Å². The second kappa shape index (κ2) is 2.12. The van der Waals surface area contributed by atoms with Gasteiger partial charge in [0.2, 0.25) is 0 Å². The monoisotopic (exact) mass is 160 g/mol. The van der Waals surface area contributed by atoms with Crippen LogP contribution in [0.1, 0.15) is 12.8 Å². The Kier molecular flexibility index (Phi) is 1.47. The zero-order valence-corrected chi connectivity index (χ0v) is 7.27. The zero-order valence-electron chi connectivity index (χ0n) is 6.52. The van der Waals surface area contributed by atoms with Gasteiger partial charge in [0.25, 0.3) is 0 Å². The van der Waals surface area contributed by atoms with E-state index in [2.05, 4.69) is 7.05 Å². The van der Waals surface area contributed by atoms with E-state index in [1.165, 1.54) is 37.0 Å². The molecule has 3 fully saturated rings. The van der Waals surface area contributed by atoms with Crippen molar-refractivity contribution in [1.29, 1.82) is 0 Å². The molecule has 1 atom stereocenters. The van der Waals surface area contributed by atoms with Gasteiger partial charge in [-0.2, -0.15) is 0 Å². The molecule has 1 nitrogen and oxygen atoms in total. The minimum Gasteiger partial charge on any atom is -0.325 e. The molecule has 58 valence electrons. The second-order valence-electron chi connectivity index (χ2n) is 4.10. The molecule has 2 heteroatoms. The number of hydrogen-bond acceptors (Lipinski definition) is 0. The maximum absolute atomic E-state index is 6.19. The minimum absolute atomic E-state index is 0.479. The number of alkyl halides is 1. The molecule has 3 rings (SSSR count). The van der Waals surface area contributed by atoms with E-state index < -0.39 is 0 Å². The molecule has 3 heterocycles. The van der Waals surface area contributed by atoms with E-state index in [1.807, 2.05) is 0 Å². The fourth-order valence-corrected chi connectivity index (χ4v) is 2.91. The van der Waals surface area contributed by atoms with E-state index in [0.717, 1.165) is 5.92 Å². The molecule has 0 aromatic carbocycles. The summed E-state index contributed by atoms with van der Waals surface area (Å²) in [6.07, 6.45) is 2.73. The lowest BCUT2D eigenvalue weighted by Crippen LogP contribution is -2.59. The van der Waals surface area contributed by atoms with Crippen molar-refractivity contribution in [1.82, 2.24) is 0 Å². The summed E-state index contributed by atoms with van der Waals surface area (Å²) in [5.74, 6) is 0.849. The maximum Gasteiger partial charge on any atom is 0.0953 e. The number of nitrogens with zero attached hydrogens (tertiary/aromatic N) is 1. The van der Waals surface area contributed by atoms with Crippen LogP contribution < -0.4 is 0 Å². The molecule has 10 heavy (non-hydrogen) atoms. The summed E-state index contributed by atoms with van der Waals surface area (Å²) in [6.45, 7) is 3.95. The van der Waals surface area contributed by atoms with E-state index >= 15 is 0 Å². The van der Waals surface area contributed by atoms with E-state index in [9.17, 15) is 0 Å². The van der Waals surface area contributed by atoms with Crippen LogP contribution in [0.4, 0.5) is 0 Å². The third-order valence-electron chi connectivity index (χ3n) is 3.21. The van der Waals surface area contributed by atoms with Gasteiger partial charge in [0.1, 0.15) is 0 Å². The standard InChI is InChI=1S/C8H15ClN/c1-10-4-2-7(3-5-10)8(9)6-10/h7-8H,2-6H2,1H3/q+1. The van der Waals surface area contributed by atoms with Crippen molar-refractivity contribution in [2.75, 3.05) is 26.7 Å². The molecule has 3 saturated heterocycles. The van der Waals surface area contributed by atoms with Crippen molar-refractivity contribution in [2.45, 2.75) is 18.2 Å². The van der Waals surface area contributed by atoms with Crippen molar-refractivity contribution in [3.05, 3.63) is 0 Å². The van der Waals surface area contributed by atoms with E-state index in [4.69, 9.17) is 11.6 Å². The van der Waals surface area contributed by atoms with Crippen molar-refractivity contribution >= 4 is 11.6 Å². The SMILES string of the molecule is C[N+]12CCC(CC1)C(Cl)C2. The van der Waals surface area contributed by atoms with Gasteiger partial charge in [-0.15, -0.1) is 11.6 Å². The zero-order chi connectivity index (χ0) is 7.19. The maximum atomic E-state index is 6.19. The molecule has 1 unspecified atom stereocenters. The van der Waals surface area contributed by atoms with Crippen LogP contribution in [0.5, 0.6) is 0 Å². The lowest BCUT2D eigenvalue weighted by molar-refractivity contribution is -0.923. The summed E-state index contributed by atoms with van der Waals surface area (Å²) < 4.78 is 1.24. The molecule has 2 bridgehead atoms. The summed E-state index contributed by atoms with van der Waals surface area (Å²) >= 11 is 6.19. The second-order valence-corrected chi connectivity index (χ2v) is 4.66. The fraction of sp³-hybridized carbons (Fsp3) is 1.00. The van der Waals surface area contributed by atoms with Gasteiger partial charge in [0.05, 0.1) is 32.1 Å². The highest BCUT2D eigenvalue weighted by Gasteiger charge is 2.42. The largest absolute Gasteiger partial charge is 0.325 e. The molecule has 0 radical (unpaired) electrons. The van der Waals surface area contributed by atoms with E-state index in [-0.39, 0.29) is 0 Å². The summed E-state index contributed by atoms with van der Waals surface area (Å²) in [5.41, 5.74) is 0. The highest BCUT2D eigenvalue weighted by molar-refractivity contribution is 6.21. The van der Waals surface area contributed by atoms with Crippen LogP contribution in [-0.2, 0) is 0 Å². The first kappa shape index (κ1) is 6.93. The molecule has 0 aromatic rings. The molecule has 0 saturated carbocycles. The van der Waals surface area contributed by atoms with Crippen LogP contribution in [0.2, 0.25) is 0 Å². The Bertz CT molecular complexity index is 138. The number of piperidine rings is 3. The molecule has 3 aliphatic heterocycles. The summed E-state index contributed by atoms with van der Waals surface area (Å²) in [4.78, 5) is 0. The summed E-state index contributed by atoms with van der Waals surface area (Å²) in [6, 6.07) is 0. The number of fused-ring (bicyclic) bond motifs is 3. The molecular formula is C8H15ClN+. The van der Waals surface area contributed by atoms with Gasteiger partial charge in [0, 0.05) is 12.8 Å². The van der Waals surface area contributed by atoms with Crippen LogP contribution >= 0.6 is 11.6 Å². The first-order valence-corrected chi connectivity index (χ1v) is 4.61. The molecule has 0 aromatic heterocycles. The van der Waals surface area contributed by atoms with E-state index in [1.54, 1.807) is 0 Å². The number of hydrogen-bond donors (Lipinski definition) is 0. The van der Waals surface area contributed by atoms with Crippen molar-refractivity contribution in [3.63, 3.8) is 0 Å². The average Bonchev–Trinajstić information content (AvgIpc) is 1.87. The van der Waals surface area contributed by atoms with Crippen molar-refractivity contribution in [3.8, 4) is 0 Å². The number of halogens is 1. The normalized spacial score (nSPS) is 53.4.